The number of rotatable bonds is 6. The lowest BCUT2D eigenvalue weighted by molar-refractivity contribution is 0.319. The molecule has 5 nitrogen and oxygen atoms in total. The van der Waals surface area contributed by atoms with Crippen LogP contribution in [0, 0.1) is 11.3 Å². The van der Waals surface area contributed by atoms with E-state index in [1.165, 1.54) is 0 Å². The molecule has 0 N–H and O–H groups in total. The highest BCUT2D eigenvalue weighted by molar-refractivity contribution is 5.31. The fourth-order valence-corrected chi connectivity index (χ4v) is 2.85. The summed E-state index contributed by atoms with van der Waals surface area (Å²) in [5.74, 6) is 0. The third-order valence-electron chi connectivity index (χ3n) is 3.97. The highest BCUT2D eigenvalue weighted by Gasteiger charge is 2.08. The molecule has 2 heterocycles. The normalized spacial score (nSPS) is 10.9. The molecule has 0 unspecified atom stereocenters. The molecule has 5 heteroatoms. The average Bonchev–Trinajstić information content (AvgIpc) is 3.22. The first-order valence-electron chi connectivity index (χ1n) is 8.06. The van der Waals surface area contributed by atoms with Gasteiger partial charge in [0.15, 0.2) is 0 Å². The van der Waals surface area contributed by atoms with Gasteiger partial charge in [-0.25, -0.2) is 4.68 Å². The molecule has 1 aromatic carbocycles. The summed E-state index contributed by atoms with van der Waals surface area (Å²) >= 11 is 0. The molecule has 0 atom stereocenters. The number of aromatic nitrogens is 3. The van der Waals surface area contributed by atoms with Crippen molar-refractivity contribution < 1.29 is 0 Å². The number of nitriles is 1. The summed E-state index contributed by atoms with van der Waals surface area (Å²) in [4.78, 5) is 2.23. The van der Waals surface area contributed by atoms with Gasteiger partial charge in [0.25, 0.3) is 0 Å². The Morgan fingerprint density at radius 1 is 1.12 bits per heavy atom. The maximum Gasteiger partial charge on any atom is 0.120 e. The van der Waals surface area contributed by atoms with Gasteiger partial charge in [-0.15, -0.1) is 0 Å². The van der Waals surface area contributed by atoms with Crippen molar-refractivity contribution in [1.82, 2.24) is 19.2 Å². The molecule has 0 spiro atoms. The molecule has 0 saturated heterocycles. The van der Waals surface area contributed by atoms with Gasteiger partial charge in [-0.1, -0.05) is 18.2 Å². The summed E-state index contributed by atoms with van der Waals surface area (Å²) in [6, 6.07) is 14.3. The second-order valence-electron chi connectivity index (χ2n) is 5.93. The van der Waals surface area contributed by atoms with Crippen molar-refractivity contribution in [1.29, 1.82) is 5.26 Å². The van der Waals surface area contributed by atoms with Gasteiger partial charge in [-0.05, 0) is 37.7 Å². The van der Waals surface area contributed by atoms with E-state index in [1.807, 2.05) is 58.8 Å². The lowest BCUT2D eigenvalue weighted by Gasteiger charge is -2.14. The van der Waals surface area contributed by atoms with Crippen LogP contribution in [0.15, 0.2) is 55.0 Å². The van der Waals surface area contributed by atoms with Gasteiger partial charge in [-0.3, -0.25) is 4.90 Å². The molecule has 0 bridgehead atoms. The van der Waals surface area contributed by atoms with Crippen LogP contribution in [-0.4, -0.2) is 26.3 Å². The average molecular weight is 319 g/mol. The maximum atomic E-state index is 9.15. The monoisotopic (exact) mass is 319 g/mol. The highest BCUT2D eigenvalue weighted by Crippen LogP contribution is 2.13. The van der Waals surface area contributed by atoms with Gasteiger partial charge in [-0.2, -0.15) is 10.4 Å². The zero-order valence-corrected chi connectivity index (χ0v) is 14.1. The van der Waals surface area contributed by atoms with E-state index in [1.54, 1.807) is 0 Å². The molecule has 0 aliphatic heterocycles. The van der Waals surface area contributed by atoms with Crippen LogP contribution < -0.4 is 0 Å². The smallest absolute Gasteiger partial charge is 0.120 e. The molecule has 0 aliphatic carbocycles. The summed E-state index contributed by atoms with van der Waals surface area (Å²) in [5, 5.41) is 13.6. The van der Waals surface area contributed by atoms with Gasteiger partial charge in [0.05, 0.1) is 11.9 Å². The van der Waals surface area contributed by atoms with Crippen LogP contribution in [0.4, 0.5) is 0 Å². The predicted molar refractivity (Wildman–Crippen MR) is 93.6 cm³/mol. The number of benzene rings is 1. The molecule has 0 aliphatic rings. The zero-order valence-electron chi connectivity index (χ0n) is 14.1. The number of aryl methyl sites for hydroxylation is 1. The number of nitrogens with zero attached hydrogens (tertiary/aromatic N) is 5. The molecular weight excluding hydrogens is 298 g/mol. The van der Waals surface area contributed by atoms with E-state index in [0.717, 1.165) is 42.1 Å². The summed E-state index contributed by atoms with van der Waals surface area (Å²) in [7, 11) is 2.08. The van der Waals surface area contributed by atoms with E-state index < -0.39 is 0 Å². The Labute approximate surface area is 142 Å². The molecule has 0 radical (unpaired) electrons. The van der Waals surface area contributed by atoms with Gasteiger partial charge in [0.1, 0.15) is 11.8 Å². The van der Waals surface area contributed by atoms with Crippen molar-refractivity contribution in [2.45, 2.75) is 26.6 Å². The van der Waals surface area contributed by atoms with Crippen molar-refractivity contribution in [3.8, 4) is 11.8 Å². The molecule has 3 rings (SSSR count). The molecule has 24 heavy (non-hydrogen) atoms. The van der Waals surface area contributed by atoms with Crippen LogP contribution in [-0.2, 0) is 19.6 Å². The third kappa shape index (κ3) is 3.55. The van der Waals surface area contributed by atoms with E-state index in [-0.39, 0.29) is 0 Å². The minimum Gasteiger partial charge on any atom is -0.339 e. The van der Waals surface area contributed by atoms with Gasteiger partial charge in [0.2, 0.25) is 0 Å². The van der Waals surface area contributed by atoms with Crippen LogP contribution in [0.2, 0.25) is 0 Å². The van der Waals surface area contributed by atoms with Gasteiger partial charge in [0, 0.05) is 37.6 Å². The van der Waals surface area contributed by atoms with Gasteiger partial charge < -0.3 is 4.57 Å². The quantitative estimate of drug-likeness (QED) is 0.701. The topological polar surface area (TPSA) is 49.8 Å². The number of para-hydroxylation sites is 1. The van der Waals surface area contributed by atoms with E-state index in [0.29, 0.717) is 0 Å². The fourth-order valence-electron chi connectivity index (χ4n) is 2.85. The molecule has 3 aromatic rings. The van der Waals surface area contributed by atoms with Crippen molar-refractivity contribution in [3.05, 3.63) is 71.8 Å². The lowest BCUT2D eigenvalue weighted by atomic mass is 10.2. The lowest BCUT2D eigenvalue weighted by Crippen LogP contribution is -2.16. The fraction of sp³-hybridized carbons (Fsp3) is 0.263. The minimum atomic E-state index is 0.720. The summed E-state index contributed by atoms with van der Waals surface area (Å²) in [6.45, 7) is 4.48. The Balaban J connectivity index is 1.65. The van der Waals surface area contributed by atoms with Gasteiger partial charge >= 0.3 is 0 Å². The first-order valence-corrected chi connectivity index (χ1v) is 8.06. The Hall–Kier alpha value is -2.84. The van der Waals surface area contributed by atoms with Crippen molar-refractivity contribution in [2.75, 3.05) is 7.05 Å². The molecule has 122 valence electrons. The summed E-state index contributed by atoms with van der Waals surface area (Å²) in [5.41, 5.74) is 4.10. The minimum absolute atomic E-state index is 0.720. The van der Waals surface area contributed by atoms with Crippen molar-refractivity contribution in [2.24, 2.45) is 0 Å². The van der Waals surface area contributed by atoms with Crippen molar-refractivity contribution >= 4 is 0 Å². The highest BCUT2D eigenvalue weighted by atomic mass is 15.3. The number of hydrogen-bond acceptors (Lipinski definition) is 3. The first kappa shape index (κ1) is 16.0. The van der Waals surface area contributed by atoms with Crippen LogP contribution in [0.1, 0.15) is 23.7 Å². The molecule has 0 fully saturated rings. The number of hydrogen-bond donors (Lipinski definition) is 0. The van der Waals surface area contributed by atoms with Crippen LogP contribution in [0.25, 0.3) is 5.69 Å². The van der Waals surface area contributed by atoms with Crippen LogP contribution in [0.5, 0.6) is 0 Å². The molecular formula is C19H21N5. The van der Waals surface area contributed by atoms with Crippen LogP contribution in [0.3, 0.4) is 0 Å². The largest absolute Gasteiger partial charge is 0.339 e. The van der Waals surface area contributed by atoms with Crippen molar-refractivity contribution in [3.63, 3.8) is 0 Å². The Bertz CT molecular complexity index is 838. The molecule has 0 amide bonds. The molecule has 2 aromatic heterocycles. The second-order valence-corrected chi connectivity index (χ2v) is 5.93. The predicted octanol–water partition coefficient (Wildman–Crippen LogP) is 3.20. The zero-order chi connectivity index (χ0) is 16.9. The first-order chi connectivity index (χ1) is 11.7. The van der Waals surface area contributed by atoms with E-state index in [9.17, 15) is 0 Å². The Morgan fingerprint density at radius 2 is 1.88 bits per heavy atom. The Kier molecular flexibility index (Phi) is 4.78. The van der Waals surface area contributed by atoms with E-state index >= 15 is 0 Å². The standard InChI is InChI=1S/C19H21N5/c1-3-23-14-16(9-19(23)10-20)12-22(2)13-17-11-21-24(15-17)18-7-5-4-6-8-18/h4-9,11,14-15H,3,12-13H2,1-2H3. The summed E-state index contributed by atoms with van der Waals surface area (Å²) in [6.07, 6.45) is 6.02. The third-order valence-corrected chi connectivity index (χ3v) is 3.97. The van der Waals surface area contributed by atoms with E-state index in [2.05, 4.69) is 35.5 Å². The van der Waals surface area contributed by atoms with E-state index in [4.69, 9.17) is 5.26 Å². The second kappa shape index (κ2) is 7.16. The summed E-state index contributed by atoms with van der Waals surface area (Å²) < 4.78 is 3.88. The maximum absolute atomic E-state index is 9.15. The molecule has 0 saturated carbocycles. The SMILES string of the molecule is CCn1cc(CN(C)Cc2cnn(-c3ccccc3)c2)cc1C#N. The van der Waals surface area contributed by atoms with Crippen LogP contribution >= 0.6 is 0 Å². The Morgan fingerprint density at radius 3 is 2.54 bits per heavy atom.